The fraction of sp³-hybridized carbons (Fsp3) is 0.600. The van der Waals surface area contributed by atoms with Gasteiger partial charge in [0.15, 0.2) is 5.13 Å². The summed E-state index contributed by atoms with van der Waals surface area (Å²) in [5.41, 5.74) is 6.74. The molecule has 0 aromatic carbocycles. The van der Waals surface area contributed by atoms with Gasteiger partial charge in [-0.15, -0.1) is 11.3 Å². The average Bonchev–Trinajstić information content (AvgIpc) is 2.57. The maximum Gasteiger partial charge on any atom is 0.407 e. The lowest BCUT2D eigenvalue weighted by Crippen LogP contribution is -2.38. The standard InChI is InChI=1S/C10H15N3O2S/c1-2-15-10(14)12-6-3-4-7-8(5-6)16-9(11)13-7/h6H,2-5H2,1H3,(H2,11,13)(H,12,14). The van der Waals surface area contributed by atoms with E-state index in [9.17, 15) is 4.79 Å². The summed E-state index contributed by atoms with van der Waals surface area (Å²) in [6.07, 6.45) is 2.24. The van der Waals surface area contributed by atoms with Crippen LogP contribution in [0.1, 0.15) is 23.9 Å². The van der Waals surface area contributed by atoms with Crippen molar-refractivity contribution in [1.29, 1.82) is 0 Å². The molecule has 0 saturated heterocycles. The number of alkyl carbamates (subject to hydrolysis) is 1. The molecule has 2 rings (SSSR count). The van der Waals surface area contributed by atoms with Gasteiger partial charge in [0.05, 0.1) is 12.3 Å². The Hall–Kier alpha value is -1.30. The van der Waals surface area contributed by atoms with E-state index in [4.69, 9.17) is 10.5 Å². The maximum atomic E-state index is 11.3. The largest absolute Gasteiger partial charge is 0.450 e. The Kier molecular flexibility index (Phi) is 3.28. The Morgan fingerprint density at radius 3 is 3.31 bits per heavy atom. The maximum absolute atomic E-state index is 11.3. The number of nitrogens with zero attached hydrogens (tertiary/aromatic N) is 1. The summed E-state index contributed by atoms with van der Waals surface area (Å²) in [6, 6.07) is 0.145. The highest BCUT2D eigenvalue weighted by atomic mass is 32.1. The van der Waals surface area contributed by atoms with Crippen LogP contribution in [-0.2, 0) is 17.6 Å². The second-order valence-electron chi connectivity index (χ2n) is 3.73. The van der Waals surface area contributed by atoms with Gasteiger partial charge in [-0.1, -0.05) is 0 Å². The Bertz CT molecular complexity index is 391. The molecular formula is C10H15N3O2S. The van der Waals surface area contributed by atoms with E-state index in [1.165, 1.54) is 16.2 Å². The molecule has 16 heavy (non-hydrogen) atoms. The summed E-state index contributed by atoms with van der Waals surface area (Å²) in [5, 5.41) is 3.46. The van der Waals surface area contributed by atoms with Crippen LogP contribution in [0.15, 0.2) is 0 Å². The minimum absolute atomic E-state index is 0.145. The van der Waals surface area contributed by atoms with Crippen LogP contribution >= 0.6 is 11.3 Å². The predicted molar refractivity (Wildman–Crippen MR) is 62.5 cm³/mol. The predicted octanol–water partition coefficient (Wildman–Crippen LogP) is 1.33. The number of aryl methyl sites for hydroxylation is 1. The Labute approximate surface area is 98.0 Å². The van der Waals surface area contributed by atoms with Gasteiger partial charge in [-0.05, 0) is 19.8 Å². The normalized spacial score (nSPS) is 18.9. The number of nitrogens with one attached hydrogen (secondary N) is 1. The van der Waals surface area contributed by atoms with Crippen molar-refractivity contribution >= 4 is 22.6 Å². The van der Waals surface area contributed by atoms with Crippen molar-refractivity contribution in [2.75, 3.05) is 12.3 Å². The molecule has 1 heterocycles. The summed E-state index contributed by atoms with van der Waals surface area (Å²) < 4.78 is 4.85. The van der Waals surface area contributed by atoms with E-state index in [1.54, 1.807) is 6.92 Å². The van der Waals surface area contributed by atoms with Gasteiger partial charge in [0.25, 0.3) is 0 Å². The molecule has 0 fully saturated rings. The van der Waals surface area contributed by atoms with E-state index in [2.05, 4.69) is 10.3 Å². The first-order valence-electron chi connectivity index (χ1n) is 5.36. The minimum atomic E-state index is -0.339. The third-order valence-corrected chi connectivity index (χ3v) is 3.50. The van der Waals surface area contributed by atoms with Crippen molar-refractivity contribution in [3.8, 4) is 0 Å². The van der Waals surface area contributed by atoms with E-state index >= 15 is 0 Å². The molecule has 1 aromatic rings. The highest BCUT2D eigenvalue weighted by Crippen LogP contribution is 2.28. The number of anilines is 1. The van der Waals surface area contributed by atoms with Crippen LogP contribution in [-0.4, -0.2) is 23.7 Å². The lowest BCUT2D eigenvalue weighted by molar-refractivity contribution is 0.147. The molecule has 1 amide bonds. The third kappa shape index (κ3) is 2.44. The molecule has 88 valence electrons. The first-order valence-corrected chi connectivity index (χ1v) is 6.18. The first kappa shape index (κ1) is 11.2. The molecular weight excluding hydrogens is 226 g/mol. The third-order valence-electron chi connectivity index (χ3n) is 2.55. The Morgan fingerprint density at radius 1 is 1.75 bits per heavy atom. The molecule has 0 radical (unpaired) electrons. The average molecular weight is 241 g/mol. The van der Waals surface area contributed by atoms with E-state index < -0.39 is 0 Å². The van der Waals surface area contributed by atoms with Crippen molar-refractivity contribution in [3.63, 3.8) is 0 Å². The number of nitrogen functional groups attached to an aromatic ring is 1. The minimum Gasteiger partial charge on any atom is -0.450 e. The topological polar surface area (TPSA) is 77.2 Å². The van der Waals surface area contributed by atoms with E-state index in [-0.39, 0.29) is 12.1 Å². The van der Waals surface area contributed by atoms with Gasteiger partial charge in [0.2, 0.25) is 0 Å². The van der Waals surface area contributed by atoms with Crippen molar-refractivity contribution in [3.05, 3.63) is 10.6 Å². The number of carbonyl (C=O) groups excluding carboxylic acids is 1. The number of hydrogen-bond acceptors (Lipinski definition) is 5. The molecule has 6 heteroatoms. The van der Waals surface area contributed by atoms with Crippen LogP contribution in [0.4, 0.5) is 9.93 Å². The molecule has 0 spiro atoms. The number of hydrogen-bond donors (Lipinski definition) is 2. The van der Waals surface area contributed by atoms with Crippen molar-refractivity contribution < 1.29 is 9.53 Å². The molecule has 5 nitrogen and oxygen atoms in total. The number of nitrogens with two attached hydrogens (primary N) is 1. The van der Waals surface area contributed by atoms with Crippen molar-refractivity contribution in [1.82, 2.24) is 10.3 Å². The van der Waals surface area contributed by atoms with Crippen molar-refractivity contribution in [2.24, 2.45) is 0 Å². The zero-order valence-corrected chi connectivity index (χ0v) is 9.97. The first-order chi connectivity index (χ1) is 7.69. The molecule has 3 N–H and O–H groups in total. The Morgan fingerprint density at radius 2 is 2.56 bits per heavy atom. The molecule has 1 aliphatic rings. The molecule has 1 atom stereocenters. The SMILES string of the molecule is CCOC(=O)NC1CCc2nc(N)sc2C1. The number of carbonyl (C=O) groups is 1. The van der Waals surface area contributed by atoms with Gasteiger partial charge >= 0.3 is 6.09 Å². The monoisotopic (exact) mass is 241 g/mol. The van der Waals surface area contributed by atoms with E-state index in [0.717, 1.165) is 25.0 Å². The second kappa shape index (κ2) is 4.69. The van der Waals surface area contributed by atoms with Gasteiger partial charge in [-0.2, -0.15) is 0 Å². The zero-order valence-electron chi connectivity index (χ0n) is 9.16. The molecule has 1 aromatic heterocycles. The summed E-state index contributed by atoms with van der Waals surface area (Å²) >= 11 is 1.51. The van der Waals surface area contributed by atoms with Crippen LogP contribution in [0, 0.1) is 0 Å². The number of aromatic nitrogens is 1. The van der Waals surface area contributed by atoms with Crippen LogP contribution in [0.5, 0.6) is 0 Å². The number of fused-ring (bicyclic) bond motifs is 1. The summed E-state index contributed by atoms with van der Waals surface area (Å²) in [4.78, 5) is 16.7. The lowest BCUT2D eigenvalue weighted by Gasteiger charge is -2.21. The van der Waals surface area contributed by atoms with Gasteiger partial charge in [0.1, 0.15) is 0 Å². The summed E-state index contributed by atoms with van der Waals surface area (Å²) in [5.74, 6) is 0. The molecule has 0 bridgehead atoms. The van der Waals surface area contributed by atoms with Crippen LogP contribution in [0.3, 0.4) is 0 Å². The highest BCUT2D eigenvalue weighted by Gasteiger charge is 2.23. The van der Waals surface area contributed by atoms with Gasteiger partial charge < -0.3 is 15.8 Å². The summed E-state index contributed by atoms with van der Waals surface area (Å²) in [6.45, 7) is 2.19. The lowest BCUT2D eigenvalue weighted by atomic mass is 9.98. The molecule has 1 aliphatic carbocycles. The summed E-state index contributed by atoms with van der Waals surface area (Å²) in [7, 11) is 0. The smallest absolute Gasteiger partial charge is 0.407 e. The van der Waals surface area contributed by atoms with Crippen molar-refractivity contribution in [2.45, 2.75) is 32.2 Å². The number of ether oxygens (including phenoxy) is 1. The van der Waals surface area contributed by atoms with Crippen LogP contribution in [0.2, 0.25) is 0 Å². The Balaban J connectivity index is 1.94. The molecule has 0 saturated carbocycles. The quantitative estimate of drug-likeness (QED) is 0.819. The van der Waals surface area contributed by atoms with E-state index in [1.807, 2.05) is 0 Å². The van der Waals surface area contributed by atoms with E-state index in [0.29, 0.717) is 11.7 Å². The van der Waals surface area contributed by atoms with Gasteiger partial charge in [-0.3, -0.25) is 0 Å². The molecule has 1 unspecified atom stereocenters. The highest BCUT2D eigenvalue weighted by molar-refractivity contribution is 7.15. The van der Waals surface area contributed by atoms with Crippen LogP contribution < -0.4 is 11.1 Å². The van der Waals surface area contributed by atoms with Gasteiger partial charge in [0, 0.05) is 17.3 Å². The number of thiazole rings is 1. The van der Waals surface area contributed by atoms with Crippen LogP contribution in [0.25, 0.3) is 0 Å². The fourth-order valence-corrected chi connectivity index (χ4v) is 2.82. The molecule has 0 aliphatic heterocycles. The fourth-order valence-electron chi connectivity index (χ4n) is 1.86. The second-order valence-corrected chi connectivity index (χ2v) is 4.84. The number of amides is 1. The van der Waals surface area contributed by atoms with Gasteiger partial charge in [-0.25, -0.2) is 9.78 Å². The number of rotatable bonds is 2. The zero-order chi connectivity index (χ0) is 11.5.